The summed E-state index contributed by atoms with van der Waals surface area (Å²) in [6.45, 7) is 1.13. The molecule has 5 fully saturated rings. The minimum absolute atomic E-state index is 0.00851. The molecule has 0 aromatic carbocycles. The maximum Gasteiger partial charge on any atom is 0.403 e. The summed E-state index contributed by atoms with van der Waals surface area (Å²) < 4.78 is 63.4. The maximum atomic E-state index is 13.8. The summed E-state index contributed by atoms with van der Waals surface area (Å²) in [5.41, 5.74) is -2.83. The molecule has 1 saturated heterocycles. The van der Waals surface area contributed by atoms with Gasteiger partial charge in [0.1, 0.15) is 25.4 Å². The number of hydrogen-bond donors (Lipinski definition) is 4. The molecule has 218 valence electrons. The fourth-order valence-corrected chi connectivity index (χ4v) is 6.82. The molecule has 0 radical (unpaired) electrons. The molecule has 0 aromatic heterocycles. The minimum atomic E-state index is -4.31. The molecule has 1 aliphatic heterocycles. The van der Waals surface area contributed by atoms with Gasteiger partial charge in [-0.1, -0.05) is 0 Å². The number of halogens is 5. The average molecular weight is 572 g/mol. The van der Waals surface area contributed by atoms with Gasteiger partial charge in [-0.3, -0.25) is 9.59 Å². The number of amides is 2. The Morgan fingerprint density at radius 3 is 2.16 bits per heavy atom. The summed E-state index contributed by atoms with van der Waals surface area (Å²) in [4.78, 5) is 25.4. The van der Waals surface area contributed by atoms with Crippen molar-refractivity contribution in [3.05, 3.63) is 0 Å². The van der Waals surface area contributed by atoms with Crippen LogP contribution >= 0.6 is 11.6 Å². The van der Waals surface area contributed by atoms with Gasteiger partial charge in [-0.2, -0.15) is 13.2 Å². The first-order valence-electron chi connectivity index (χ1n) is 13.4. The average Bonchev–Trinajstić information content (AvgIpc) is 2.84. The molecule has 4 aliphatic carbocycles. The number of piperidine rings is 1. The van der Waals surface area contributed by atoms with E-state index in [-0.39, 0.29) is 57.5 Å². The first-order chi connectivity index (χ1) is 17.7. The smallest absolute Gasteiger partial charge is 0.388 e. The third kappa shape index (κ3) is 6.74. The third-order valence-corrected chi connectivity index (χ3v) is 9.36. The van der Waals surface area contributed by atoms with Crippen molar-refractivity contribution in [2.75, 3.05) is 19.8 Å². The summed E-state index contributed by atoms with van der Waals surface area (Å²) in [5.74, 6) is -0.766. The molecule has 0 aromatic rings. The van der Waals surface area contributed by atoms with Gasteiger partial charge in [-0.05, 0) is 58.3 Å². The van der Waals surface area contributed by atoms with Gasteiger partial charge >= 0.3 is 6.18 Å². The summed E-state index contributed by atoms with van der Waals surface area (Å²) >= 11 is 5.90. The van der Waals surface area contributed by atoms with Crippen molar-refractivity contribution in [2.45, 2.75) is 124 Å². The molecule has 5 aliphatic rings. The van der Waals surface area contributed by atoms with Crippen LogP contribution in [0.4, 0.5) is 17.6 Å². The fraction of sp³-hybridized carbons (Fsp3) is 0.920. The van der Waals surface area contributed by atoms with E-state index in [0.29, 0.717) is 38.5 Å². The second-order valence-corrected chi connectivity index (χ2v) is 12.3. The molecule has 4 N–H and O–H groups in total. The van der Waals surface area contributed by atoms with E-state index in [1.807, 2.05) is 0 Å². The van der Waals surface area contributed by atoms with E-state index >= 15 is 0 Å². The molecule has 6 unspecified atom stereocenters. The number of alkyl halides is 5. The van der Waals surface area contributed by atoms with Crippen LogP contribution in [0.1, 0.15) is 71.1 Å². The summed E-state index contributed by atoms with van der Waals surface area (Å²) in [6, 6.07) is -1.56. The highest BCUT2D eigenvalue weighted by Gasteiger charge is 2.61. The molecule has 5 rings (SSSR count). The molecule has 0 spiro atoms. The standard InChI is InChI=1S/C25H38ClF4N3O5/c1-22(36)14-23(32-20(34)12-37-15-2-4-17(26)18(27)10-15)6-8-24(22,9-7-23)33-21(35)13-38-16-3-5-19(31-11-16)25(28,29)30/h15-19,31,36H,2-14H2,1H3,(H,32,34)(H,33,35). The van der Waals surface area contributed by atoms with Crippen LogP contribution in [-0.2, 0) is 19.1 Å². The Bertz CT molecular complexity index is 860. The second kappa shape index (κ2) is 11.3. The van der Waals surface area contributed by atoms with E-state index in [4.69, 9.17) is 21.1 Å². The van der Waals surface area contributed by atoms with Gasteiger partial charge < -0.3 is 30.5 Å². The maximum absolute atomic E-state index is 13.8. The number of ether oxygens (including phenoxy) is 2. The Hall–Kier alpha value is -1.21. The third-order valence-electron chi connectivity index (χ3n) is 8.87. The van der Waals surface area contributed by atoms with Gasteiger partial charge in [0.05, 0.1) is 28.7 Å². The lowest BCUT2D eigenvalue weighted by Gasteiger charge is -2.61. The van der Waals surface area contributed by atoms with Crippen molar-refractivity contribution in [1.82, 2.24) is 16.0 Å². The van der Waals surface area contributed by atoms with Crippen LogP contribution in [0, 0.1) is 0 Å². The molecule has 13 heteroatoms. The van der Waals surface area contributed by atoms with Crippen molar-refractivity contribution >= 4 is 23.4 Å². The van der Waals surface area contributed by atoms with E-state index in [1.54, 1.807) is 6.92 Å². The van der Waals surface area contributed by atoms with Crippen molar-refractivity contribution < 1.29 is 41.7 Å². The number of aliphatic hydroxyl groups is 1. The summed E-state index contributed by atoms with van der Waals surface area (Å²) in [6.07, 6.45) is -2.76. The number of fused-ring (bicyclic) bond motifs is 3. The molecule has 8 nitrogen and oxygen atoms in total. The predicted octanol–water partition coefficient (Wildman–Crippen LogP) is 2.64. The fourth-order valence-electron chi connectivity index (χ4n) is 6.60. The molecule has 2 amide bonds. The predicted molar refractivity (Wildman–Crippen MR) is 130 cm³/mol. The Kier molecular flexibility index (Phi) is 8.89. The van der Waals surface area contributed by atoms with Crippen molar-refractivity contribution in [3.8, 4) is 0 Å². The molecule has 4 saturated carbocycles. The van der Waals surface area contributed by atoms with Crippen LogP contribution in [0.5, 0.6) is 0 Å². The highest BCUT2D eigenvalue weighted by atomic mass is 35.5. The van der Waals surface area contributed by atoms with Gasteiger partial charge in [0, 0.05) is 24.9 Å². The first-order valence-corrected chi connectivity index (χ1v) is 13.8. The summed E-state index contributed by atoms with van der Waals surface area (Å²) in [7, 11) is 0. The molecule has 2 bridgehead atoms. The topological polar surface area (TPSA) is 109 Å². The van der Waals surface area contributed by atoms with Crippen LogP contribution in [0.3, 0.4) is 0 Å². The SMILES string of the molecule is CC1(O)CC2(NC(=O)COC3CCC(Cl)C(F)C3)CCC1(NC(=O)COC1CCC(C(F)(F)F)NC1)CC2. The lowest BCUT2D eigenvalue weighted by Crippen LogP contribution is -2.75. The Morgan fingerprint density at radius 2 is 1.61 bits per heavy atom. The zero-order chi connectivity index (χ0) is 27.8. The van der Waals surface area contributed by atoms with E-state index in [1.165, 1.54) is 0 Å². The largest absolute Gasteiger partial charge is 0.403 e. The second-order valence-electron chi connectivity index (χ2n) is 11.7. The van der Waals surface area contributed by atoms with E-state index in [9.17, 15) is 32.3 Å². The number of carbonyl (C=O) groups excluding carboxylic acids is 2. The van der Waals surface area contributed by atoms with E-state index in [2.05, 4.69) is 16.0 Å². The molecule has 6 atom stereocenters. The molecular weight excluding hydrogens is 534 g/mol. The number of nitrogens with one attached hydrogen (secondary N) is 3. The highest BCUT2D eigenvalue weighted by Crippen LogP contribution is 2.52. The molecule has 1 heterocycles. The van der Waals surface area contributed by atoms with Gasteiger partial charge in [0.25, 0.3) is 0 Å². The number of rotatable bonds is 8. The van der Waals surface area contributed by atoms with Crippen LogP contribution < -0.4 is 16.0 Å². The quantitative estimate of drug-likeness (QED) is 0.263. The van der Waals surface area contributed by atoms with Gasteiger partial charge in [0.2, 0.25) is 11.8 Å². The zero-order valence-electron chi connectivity index (χ0n) is 21.5. The number of hydrogen-bond acceptors (Lipinski definition) is 6. The Balaban J connectivity index is 1.22. The summed E-state index contributed by atoms with van der Waals surface area (Å²) in [5, 5.41) is 19.2. The van der Waals surface area contributed by atoms with Crippen molar-refractivity contribution in [2.24, 2.45) is 0 Å². The van der Waals surface area contributed by atoms with Crippen molar-refractivity contribution in [3.63, 3.8) is 0 Å². The van der Waals surface area contributed by atoms with Crippen molar-refractivity contribution in [1.29, 1.82) is 0 Å². The van der Waals surface area contributed by atoms with E-state index < -0.39 is 52.5 Å². The van der Waals surface area contributed by atoms with Crippen LogP contribution in [-0.4, -0.2) is 89.3 Å². The first kappa shape index (κ1) is 29.8. The van der Waals surface area contributed by atoms with Crippen LogP contribution in [0.15, 0.2) is 0 Å². The Morgan fingerprint density at radius 1 is 1.00 bits per heavy atom. The normalized spacial score (nSPS) is 41.5. The minimum Gasteiger partial charge on any atom is -0.388 e. The van der Waals surface area contributed by atoms with E-state index in [0.717, 1.165) is 0 Å². The molecule has 38 heavy (non-hydrogen) atoms. The Labute approximate surface area is 224 Å². The lowest BCUT2D eigenvalue weighted by molar-refractivity contribution is -0.168. The zero-order valence-corrected chi connectivity index (χ0v) is 22.3. The highest BCUT2D eigenvalue weighted by molar-refractivity contribution is 6.21. The monoisotopic (exact) mass is 571 g/mol. The number of carbonyl (C=O) groups is 2. The van der Waals surface area contributed by atoms with Gasteiger partial charge in [-0.15, -0.1) is 11.6 Å². The lowest BCUT2D eigenvalue weighted by atomic mass is 9.54. The van der Waals surface area contributed by atoms with Gasteiger partial charge in [0.15, 0.2) is 0 Å². The van der Waals surface area contributed by atoms with Gasteiger partial charge in [-0.25, -0.2) is 4.39 Å². The van der Waals surface area contributed by atoms with Crippen LogP contribution in [0.2, 0.25) is 0 Å². The molecular formula is C25H38ClF4N3O5. The van der Waals surface area contributed by atoms with Crippen LogP contribution in [0.25, 0.3) is 0 Å².